The molecule has 2 aromatic heterocycles. The lowest BCUT2D eigenvalue weighted by atomic mass is 10.0. The van der Waals surface area contributed by atoms with Crippen LogP contribution < -0.4 is 19.7 Å². The predicted octanol–water partition coefficient (Wildman–Crippen LogP) is 2.08. The van der Waals surface area contributed by atoms with Gasteiger partial charge < -0.3 is 24.6 Å². The molecule has 1 fully saturated rings. The Morgan fingerprint density at radius 2 is 1.97 bits per heavy atom. The number of piperazine rings is 1. The second kappa shape index (κ2) is 10.5. The molecular formula is C26H31N7O4. The van der Waals surface area contributed by atoms with E-state index in [0.29, 0.717) is 43.6 Å². The number of ether oxygens (including phenoxy) is 2. The number of aromatic nitrogens is 4. The van der Waals surface area contributed by atoms with Crippen LogP contribution in [0.4, 0.5) is 5.82 Å². The van der Waals surface area contributed by atoms with Crippen LogP contribution in [-0.4, -0.2) is 68.7 Å². The number of amides is 2. The summed E-state index contributed by atoms with van der Waals surface area (Å²) in [6.45, 7) is 7.89. The van der Waals surface area contributed by atoms with Gasteiger partial charge in [0.1, 0.15) is 12.1 Å². The van der Waals surface area contributed by atoms with Crippen molar-refractivity contribution >= 4 is 17.6 Å². The monoisotopic (exact) mass is 505 g/mol. The van der Waals surface area contributed by atoms with Crippen LogP contribution in [-0.2, 0) is 16.1 Å². The molecule has 194 valence electrons. The van der Waals surface area contributed by atoms with Crippen LogP contribution >= 0.6 is 0 Å². The van der Waals surface area contributed by atoms with Crippen molar-refractivity contribution in [2.75, 3.05) is 31.3 Å². The summed E-state index contributed by atoms with van der Waals surface area (Å²) < 4.78 is 12.5. The predicted molar refractivity (Wildman–Crippen MR) is 135 cm³/mol. The smallest absolute Gasteiger partial charge is 0.237 e. The van der Waals surface area contributed by atoms with Crippen molar-refractivity contribution in [3.05, 3.63) is 54.2 Å². The van der Waals surface area contributed by atoms with Crippen molar-refractivity contribution < 1.29 is 19.1 Å². The highest BCUT2D eigenvalue weighted by Gasteiger charge is 2.33. The number of aryl methyl sites for hydroxylation is 1. The summed E-state index contributed by atoms with van der Waals surface area (Å²) in [5.41, 5.74) is 1.74. The van der Waals surface area contributed by atoms with Crippen LogP contribution in [0, 0.1) is 12.8 Å². The Bertz CT molecular complexity index is 1280. The van der Waals surface area contributed by atoms with E-state index in [1.54, 1.807) is 23.3 Å². The molecule has 3 aromatic rings. The third-order valence-electron chi connectivity index (χ3n) is 6.50. The maximum Gasteiger partial charge on any atom is 0.237 e. The van der Waals surface area contributed by atoms with Gasteiger partial charge in [-0.2, -0.15) is 4.98 Å². The van der Waals surface area contributed by atoms with E-state index >= 15 is 0 Å². The molecule has 37 heavy (non-hydrogen) atoms. The van der Waals surface area contributed by atoms with Crippen molar-refractivity contribution in [3.8, 4) is 17.4 Å². The zero-order chi connectivity index (χ0) is 25.9. The topological polar surface area (TPSA) is 115 Å². The molecular weight excluding hydrogens is 474 g/mol. The molecule has 2 aliphatic heterocycles. The van der Waals surface area contributed by atoms with E-state index in [0.717, 1.165) is 17.1 Å². The fraction of sp³-hybridized carbons (Fsp3) is 0.423. The number of anilines is 1. The first-order valence-corrected chi connectivity index (χ1v) is 12.4. The SMILES string of the molecule is Cc1cc(N2CCN(C(=O)C(C)C)[C@@H](CC(=O)NCc3ccc4c(c3)OCO4)C2)nc(-n2ccnc2)n1. The standard InChI is InChI=1S/C26H31N7O4/c1-17(2)25(35)33-9-8-31(23-10-18(3)29-26(30-23)32-7-6-27-15-32)14-20(33)12-24(34)28-13-19-4-5-21-22(11-19)37-16-36-21/h4-7,10-11,15,17,20H,8-9,12-14,16H2,1-3H3,(H,28,34)/t20-/m0/s1. The van der Waals surface area contributed by atoms with Crippen LogP contribution in [0.25, 0.3) is 5.95 Å². The van der Waals surface area contributed by atoms with Crippen LogP contribution in [0.1, 0.15) is 31.5 Å². The van der Waals surface area contributed by atoms with Gasteiger partial charge in [-0.25, -0.2) is 9.97 Å². The lowest BCUT2D eigenvalue weighted by molar-refractivity contribution is -0.138. The number of carbonyl (C=O) groups excluding carboxylic acids is 2. The molecule has 11 nitrogen and oxygen atoms in total. The Morgan fingerprint density at radius 1 is 1.14 bits per heavy atom. The van der Waals surface area contributed by atoms with Gasteiger partial charge in [-0.1, -0.05) is 19.9 Å². The van der Waals surface area contributed by atoms with Crippen LogP contribution in [0.15, 0.2) is 43.0 Å². The van der Waals surface area contributed by atoms with Crippen LogP contribution in [0.2, 0.25) is 0 Å². The van der Waals surface area contributed by atoms with Gasteiger partial charge in [0, 0.05) is 62.7 Å². The molecule has 5 rings (SSSR count). The number of hydrogen-bond acceptors (Lipinski definition) is 8. The highest BCUT2D eigenvalue weighted by molar-refractivity contribution is 5.81. The number of rotatable bonds is 7. The number of nitrogens with zero attached hydrogens (tertiary/aromatic N) is 6. The maximum absolute atomic E-state index is 13.0. The van der Waals surface area contributed by atoms with Gasteiger partial charge in [0.15, 0.2) is 11.5 Å². The first-order chi connectivity index (χ1) is 17.9. The molecule has 0 radical (unpaired) electrons. The van der Waals surface area contributed by atoms with E-state index in [2.05, 4.69) is 20.2 Å². The van der Waals surface area contributed by atoms with Gasteiger partial charge in [0.05, 0.1) is 6.04 Å². The van der Waals surface area contributed by atoms with Gasteiger partial charge in [0.25, 0.3) is 0 Å². The maximum atomic E-state index is 13.0. The summed E-state index contributed by atoms with van der Waals surface area (Å²) in [7, 11) is 0. The fourth-order valence-electron chi connectivity index (χ4n) is 4.59. The summed E-state index contributed by atoms with van der Waals surface area (Å²) >= 11 is 0. The Hall–Kier alpha value is -4.15. The summed E-state index contributed by atoms with van der Waals surface area (Å²) in [4.78, 5) is 43.3. The Kier molecular flexibility index (Phi) is 6.93. The molecule has 1 N–H and O–H groups in total. The number of fused-ring (bicyclic) bond motifs is 1. The number of nitrogens with one attached hydrogen (secondary N) is 1. The van der Waals surface area contributed by atoms with E-state index in [1.165, 1.54) is 0 Å². The molecule has 0 spiro atoms. The van der Waals surface area contributed by atoms with E-state index in [9.17, 15) is 9.59 Å². The van der Waals surface area contributed by atoms with Crippen molar-refractivity contribution in [2.45, 2.75) is 39.8 Å². The van der Waals surface area contributed by atoms with Gasteiger partial charge >= 0.3 is 0 Å². The molecule has 4 heterocycles. The highest BCUT2D eigenvalue weighted by atomic mass is 16.7. The molecule has 0 unspecified atom stereocenters. The third kappa shape index (κ3) is 5.50. The van der Waals surface area contributed by atoms with Gasteiger partial charge in [-0.3, -0.25) is 14.2 Å². The van der Waals surface area contributed by atoms with E-state index in [4.69, 9.17) is 14.5 Å². The minimum Gasteiger partial charge on any atom is -0.454 e. The quantitative estimate of drug-likeness (QED) is 0.519. The van der Waals surface area contributed by atoms with Crippen LogP contribution in [0.3, 0.4) is 0 Å². The van der Waals surface area contributed by atoms with Gasteiger partial charge in [-0.05, 0) is 24.6 Å². The number of imidazole rings is 1. The Morgan fingerprint density at radius 3 is 2.76 bits per heavy atom. The van der Waals surface area contributed by atoms with E-state index < -0.39 is 0 Å². The molecule has 11 heteroatoms. The molecule has 0 bridgehead atoms. The molecule has 1 atom stereocenters. The average molecular weight is 506 g/mol. The first-order valence-electron chi connectivity index (χ1n) is 12.4. The third-order valence-corrected chi connectivity index (χ3v) is 6.50. The summed E-state index contributed by atoms with van der Waals surface area (Å²) in [6.07, 6.45) is 5.33. The Labute approximate surface area is 215 Å². The van der Waals surface area contributed by atoms with Gasteiger partial charge in [0.2, 0.25) is 24.6 Å². The molecule has 1 saturated heterocycles. The van der Waals surface area contributed by atoms with Crippen LogP contribution in [0.5, 0.6) is 11.5 Å². The Balaban J connectivity index is 1.29. The minimum atomic E-state index is -0.285. The number of carbonyl (C=O) groups is 2. The van der Waals surface area contributed by atoms with Crippen molar-refractivity contribution in [1.29, 1.82) is 0 Å². The van der Waals surface area contributed by atoms with Crippen molar-refractivity contribution in [2.24, 2.45) is 5.92 Å². The second-order valence-electron chi connectivity index (χ2n) is 9.59. The molecule has 2 aliphatic rings. The molecule has 2 amide bonds. The zero-order valence-corrected chi connectivity index (χ0v) is 21.3. The molecule has 1 aromatic carbocycles. The normalized spacial score (nSPS) is 16.8. The first kappa shape index (κ1) is 24.5. The molecule has 0 saturated carbocycles. The minimum absolute atomic E-state index is 0.0474. The van der Waals surface area contributed by atoms with Crippen molar-refractivity contribution in [3.63, 3.8) is 0 Å². The average Bonchev–Trinajstić information content (AvgIpc) is 3.59. The molecule has 0 aliphatic carbocycles. The van der Waals surface area contributed by atoms with E-state index in [1.807, 2.05) is 49.9 Å². The fourth-order valence-corrected chi connectivity index (χ4v) is 4.59. The largest absolute Gasteiger partial charge is 0.454 e. The summed E-state index contributed by atoms with van der Waals surface area (Å²) in [5, 5.41) is 2.99. The highest BCUT2D eigenvalue weighted by Crippen LogP contribution is 2.32. The number of hydrogen-bond donors (Lipinski definition) is 1. The summed E-state index contributed by atoms with van der Waals surface area (Å²) in [5.74, 6) is 2.45. The van der Waals surface area contributed by atoms with E-state index in [-0.39, 0.29) is 37.0 Å². The lowest BCUT2D eigenvalue weighted by Crippen LogP contribution is -2.57. The number of benzene rings is 1. The second-order valence-corrected chi connectivity index (χ2v) is 9.59. The van der Waals surface area contributed by atoms with Crippen molar-refractivity contribution in [1.82, 2.24) is 29.7 Å². The zero-order valence-electron chi connectivity index (χ0n) is 21.3. The van der Waals surface area contributed by atoms with Gasteiger partial charge in [-0.15, -0.1) is 0 Å². The lowest BCUT2D eigenvalue weighted by Gasteiger charge is -2.42. The summed E-state index contributed by atoms with van der Waals surface area (Å²) in [6, 6.07) is 7.26.